The van der Waals surface area contributed by atoms with Crippen molar-refractivity contribution in [3.8, 4) is 0 Å². The molecule has 75 valence electrons. The second-order valence-electron chi connectivity index (χ2n) is 3.85. The lowest BCUT2D eigenvalue weighted by Gasteiger charge is -2.27. The maximum absolute atomic E-state index is 10.8. The van der Waals surface area contributed by atoms with E-state index in [-0.39, 0.29) is 6.10 Å². The Labute approximate surface area is 84.9 Å². The average Bonchev–Trinajstić information content (AvgIpc) is 2.20. The maximum atomic E-state index is 10.8. The van der Waals surface area contributed by atoms with Crippen LogP contribution in [0.2, 0.25) is 0 Å². The van der Waals surface area contributed by atoms with Gasteiger partial charge in [0.2, 0.25) is 6.29 Å². The van der Waals surface area contributed by atoms with E-state index in [9.17, 15) is 4.79 Å². The zero-order chi connectivity index (χ0) is 10.6. The highest BCUT2D eigenvalue weighted by atomic mass is 16.5. The van der Waals surface area contributed by atoms with E-state index in [2.05, 4.69) is 0 Å². The molecule has 2 nitrogen and oxygen atoms in total. The Morgan fingerprint density at radius 1 is 1.29 bits per heavy atom. The van der Waals surface area contributed by atoms with Crippen molar-refractivity contribution < 1.29 is 9.53 Å². The summed E-state index contributed by atoms with van der Waals surface area (Å²) in [6, 6.07) is 9.71. The normalized spacial score (nSPS) is 13.6. The molecule has 0 saturated heterocycles. The molecule has 1 unspecified atom stereocenters. The Bertz CT molecular complexity index is 290. The standard InChI is InChI=1S/C12H15O2/c1-12(2,9-13)11(14-3)10-7-5-4-6-8-10/h4-8,11H,1-3H3. The lowest BCUT2D eigenvalue weighted by molar-refractivity contribution is 0.0384. The fourth-order valence-electron chi connectivity index (χ4n) is 1.53. The second kappa shape index (κ2) is 4.38. The highest BCUT2D eigenvalue weighted by molar-refractivity contribution is 5.60. The third-order valence-electron chi connectivity index (χ3n) is 2.26. The van der Waals surface area contributed by atoms with E-state index >= 15 is 0 Å². The van der Waals surface area contributed by atoms with Gasteiger partial charge in [-0.1, -0.05) is 30.3 Å². The fraction of sp³-hybridized carbons (Fsp3) is 0.417. The molecule has 0 fully saturated rings. The van der Waals surface area contributed by atoms with E-state index in [1.807, 2.05) is 50.5 Å². The highest BCUT2D eigenvalue weighted by Crippen LogP contribution is 2.33. The molecule has 1 radical (unpaired) electrons. The van der Waals surface area contributed by atoms with Gasteiger partial charge < -0.3 is 4.74 Å². The molecular weight excluding hydrogens is 176 g/mol. The summed E-state index contributed by atoms with van der Waals surface area (Å²) in [5, 5.41) is 0. The summed E-state index contributed by atoms with van der Waals surface area (Å²) in [4.78, 5) is 10.8. The molecule has 0 aromatic heterocycles. The Balaban J connectivity index is 2.99. The number of rotatable bonds is 4. The topological polar surface area (TPSA) is 26.3 Å². The monoisotopic (exact) mass is 191 g/mol. The number of benzene rings is 1. The summed E-state index contributed by atoms with van der Waals surface area (Å²) in [6.45, 7) is 3.64. The molecular formula is C12H15O2. The number of carbonyl (C=O) groups excluding carboxylic acids is 1. The fourth-order valence-corrected chi connectivity index (χ4v) is 1.53. The van der Waals surface area contributed by atoms with E-state index in [4.69, 9.17) is 4.74 Å². The first kappa shape index (κ1) is 10.9. The summed E-state index contributed by atoms with van der Waals surface area (Å²) < 4.78 is 5.33. The Kier molecular flexibility index (Phi) is 3.42. The second-order valence-corrected chi connectivity index (χ2v) is 3.85. The molecule has 0 saturated carbocycles. The molecule has 0 aliphatic heterocycles. The Morgan fingerprint density at radius 3 is 2.29 bits per heavy atom. The lowest BCUT2D eigenvalue weighted by atomic mass is 9.84. The van der Waals surface area contributed by atoms with Crippen LogP contribution in [0.25, 0.3) is 0 Å². The molecule has 1 atom stereocenters. The zero-order valence-corrected chi connectivity index (χ0v) is 8.78. The van der Waals surface area contributed by atoms with Gasteiger partial charge in [0, 0.05) is 7.11 Å². The van der Waals surface area contributed by atoms with Crippen LogP contribution in [0.4, 0.5) is 0 Å². The number of hydrogen-bond acceptors (Lipinski definition) is 2. The van der Waals surface area contributed by atoms with Gasteiger partial charge >= 0.3 is 0 Å². The van der Waals surface area contributed by atoms with Gasteiger partial charge in [-0.05, 0) is 19.4 Å². The molecule has 0 amide bonds. The van der Waals surface area contributed by atoms with Gasteiger partial charge in [-0.2, -0.15) is 0 Å². The average molecular weight is 191 g/mol. The quantitative estimate of drug-likeness (QED) is 0.731. The van der Waals surface area contributed by atoms with Crippen molar-refractivity contribution in [2.45, 2.75) is 20.0 Å². The van der Waals surface area contributed by atoms with E-state index in [0.29, 0.717) is 0 Å². The molecule has 14 heavy (non-hydrogen) atoms. The first-order valence-electron chi connectivity index (χ1n) is 4.59. The van der Waals surface area contributed by atoms with Gasteiger partial charge in [0.15, 0.2) is 0 Å². The van der Waals surface area contributed by atoms with E-state index in [0.717, 1.165) is 5.56 Å². The molecule has 0 heterocycles. The Morgan fingerprint density at radius 2 is 1.86 bits per heavy atom. The molecule has 0 spiro atoms. The van der Waals surface area contributed by atoms with Gasteiger partial charge in [0.1, 0.15) is 0 Å². The van der Waals surface area contributed by atoms with Crippen molar-refractivity contribution in [1.29, 1.82) is 0 Å². The van der Waals surface area contributed by atoms with Gasteiger partial charge in [-0.3, -0.25) is 4.79 Å². The smallest absolute Gasteiger partial charge is 0.207 e. The summed E-state index contributed by atoms with van der Waals surface area (Å²) in [5.41, 5.74) is 0.388. The van der Waals surface area contributed by atoms with Gasteiger partial charge in [0.25, 0.3) is 0 Å². The van der Waals surface area contributed by atoms with Crippen molar-refractivity contribution in [2.75, 3.05) is 7.11 Å². The van der Waals surface area contributed by atoms with Gasteiger partial charge in [0.05, 0.1) is 11.5 Å². The molecule has 0 bridgehead atoms. The van der Waals surface area contributed by atoms with Crippen molar-refractivity contribution in [2.24, 2.45) is 5.41 Å². The van der Waals surface area contributed by atoms with Crippen LogP contribution in [-0.2, 0) is 9.53 Å². The summed E-state index contributed by atoms with van der Waals surface area (Å²) in [7, 11) is 1.61. The molecule has 2 heteroatoms. The van der Waals surface area contributed by atoms with Crippen LogP contribution in [0.5, 0.6) is 0 Å². The number of hydrogen-bond donors (Lipinski definition) is 0. The molecule has 0 N–H and O–H groups in total. The van der Waals surface area contributed by atoms with E-state index in [1.54, 1.807) is 7.11 Å². The third kappa shape index (κ3) is 2.20. The van der Waals surface area contributed by atoms with Gasteiger partial charge in [-0.25, -0.2) is 0 Å². The van der Waals surface area contributed by atoms with E-state index < -0.39 is 5.41 Å². The lowest BCUT2D eigenvalue weighted by Crippen LogP contribution is -2.25. The van der Waals surface area contributed by atoms with Crippen molar-refractivity contribution in [3.05, 3.63) is 35.9 Å². The molecule has 0 aliphatic rings. The largest absolute Gasteiger partial charge is 0.376 e. The van der Waals surface area contributed by atoms with Crippen molar-refractivity contribution in [1.82, 2.24) is 0 Å². The van der Waals surface area contributed by atoms with Crippen LogP contribution in [0.3, 0.4) is 0 Å². The predicted octanol–water partition coefficient (Wildman–Crippen LogP) is 2.51. The molecule has 1 aromatic rings. The Hall–Kier alpha value is -1.15. The minimum absolute atomic E-state index is 0.235. The van der Waals surface area contributed by atoms with Crippen LogP contribution in [-0.4, -0.2) is 13.4 Å². The molecule has 0 aliphatic carbocycles. The minimum Gasteiger partial charge on any atom is -0.376 e. The number of methoxy groups -OCH3 is 1. The summed E-state index contributed by atoms with van der Waals surface area (Å²) >= 11 is 0. The predicted molar refractivity (Wildman–Crippen MR) is 55.7 cm³/mol. The number of ether oxygens (including phenoxy) is 1. The molecule has 1 rings (SSSR count). The van der Waals surface area contributed by atoms with E-state index in [1.165, 1.54) is 0 Å². The zero-order valence-electron chi connectivity index (χ0n) is 8.78. The van der Waals surface area contributed by atoms with Crippen LogP contribution >= 0.6 is 0 Å². The van der Waals surface area contributed by atoms with Crippen molar-refractivity contribution in [3.63, 3.8) is 0 Å². The highest BCUT2D eigenvalue weighted by Gasteiger charge is 2.31. The molecule has 1 aromatic carbocycles. The van der Waals surface area contributed by atoms with Crippen LogP contribution < -0.4 is 0 Å². The van der Waals surface area contributed by atoms with Crippen LogP contribution in [0.15, 0.2) is 30.3 Å². The van der Waals surface area contributed by atoms with Crippen LogP contribution in [0, 0.1) is 5.41 Å². The first-order valence-corrected chi connectivity index (χ1v) is 4.59. The summed E-state index contributed by atoms with van der Waals surface area (Å²) in [6.07, 6.45) is 1.78. The maximum Gasteiger partial charge on any atom is 0.207 e. The van der Waals surface area contributed by atoms with Crippen LogP contribution in [0.1, 0.15) is 25.5 Å². The minimum atomic E-state index is -0.615. The van der Waals surface area contributed by atoms with Gasteiger partial charge in [-0.15, -0.1) is 0 Å². The van der Waals surface area contributed by atoms with Crippen molar-refractivity contribution >= 4 is 6.29 Å². The third-order valence-corrected chi connectivity index (χ3v) is 2.26. The first-order chi connectivity index (χ1) is 6.61. The summed E-state index contributed by atoms with van der Waals surface area (Å²) in [5.74, 6) is 0. The SMILES string of the molecule is COC(c1ccccc1)C(C)(C)[C]=O.